The fourth-order valence-electron chi connectivity index (χ4n) is 2.07. The summed E-state index contributed by atoms with van der Waals surface area (Å²) in [4.78, 5) is 11.8. The van der Waals surface area contributed by atoms with Crippen LogP contribution in [0.25, 0.3) is 0 Å². The molecule has 0 aromatic heterocycles. The molecule has 0 heterocycles. The van der Waals surface area contributed by atoms with Crippen LogP contribution in [0.4, 0.5) is 5.69 Å². The second kappa shape index (κ2) is 7.79. The Hall–Kier alpha value is -1.55. The van der Waals surface area contributed by atoms with Crippen molar-refractivity contribution in [3.05, 3.63) is 29.3 Å². The summed E-state index contributed by atoms with van der Waals surface area (Å²) in [5.41, 5.74) is 3.29. The third-order valence-corrected chi connectivity index (χ3v) is 3.24. The molecule has 0 saturated carbocycles. The van der Waals surface area contributed by atoms with E-state index in [2.05, 4.69) is 10.6 Å². The van der Waals surface area contributed by atoms with E-state index in [4.69, 9.17) is 5.11 Å². The first-order valence-electron chi connectivity index (χ1n) is 6.78. The highest BCUT2D eigenvalue weighted by Crippen LogP contribution is 2.18. The lowest BCUT2D eigenvalue weighted by atomic mass is 10.1. The fourth-order valence-corrected chi connectivity index (χ4v) is 2.07. The first-order chi connectivity index (χ1) is 9.08. The Bertz CT molecular complexity index is 398. The quantitative estimate of drug-likeness (QED) is 0.706. The van der Waals surface area contributed by atoms with Crippen LogP contribution in [0.5, 0.6) is 0 Å². The van der Waals surface area contributed by atoms with Gasteiger partial charge >= 0.3 is 0 Å². The van der Waals surface area contributed by atoms with Gasteiger partial charge in [0.05, 0.1) is 6.54 Å². The van der Waals surface area contributed by atoms with Crippen LogP contribution >= 0.6 is 0 Å². The van der Waals surface area contributed by atoms with Crippen LogP contribution in [0.3, 0.4) is 0 Å². The van der Waals surface area contributed by atoms with Gasteiger partial charge in [-0.15, -0.1) is 0 Å². The average Bonchev–Trinajstić information content (AvgIpc) is 2.37. The maximum Gasteiger partial charge on any atom is 0.239 e. The molecule has 0 fully saturated rings. The zero-order valence-corrected chi connectivity index (χ0v) is 12.0. The molecule has 4 nitrogen and oxygen atoms in total. The molecule has 0 saturated heterocycles. The summed E-state index contributed by atoms with van der Waals surface area (Å²) in [5, 5.41) is 15.0. The third kappa shape index (κ3) is 4.91. The Morgan fingerprint density at radius 2 is 1.95 bits per heavy atom. The van der Waals surface area contributed by atoms with Crippen molar-refractivity contribution >= 4 is 11.6 Å². The van der Waals surface area contributed by atoms with E-state index in [1.807, 2.05) is 39.0 Å². The minimum atomic E-state index is -0.0389. The molecule has 1 rings (SSSR count). The number of aliphatic hydroxyl groups is 1. The predicted octanol–water partition coefficient (Wildman–Crippen LogP) is 1.99. The molecule has 4 heteroatoms. The molecule has 1 unspecified atom stereocenters. The molecule has 0 aliphatic heterocycles. The highest BCUT2D eigenvalue weighted by molar-refractivity contribution is 5.81. The Labute approximate surface area is 115 Å². The summed E-state index contributed by atoms with van der Waals surface area (Å²) in [7, 11) is 0. The van der Waals surface area contributed by atoms with Crippen molar-refractivity contribution in [2.24, 2.45) is 0 Å². The summed E-state index contributed by atoms with van der Waals surface area (Å²) in [6, 6.07) is 6.10. The van der Waals surface area contributed by atoms with Crippen LogP contribution in [-0.4, -0.2) is 30.2 Å². The van der Waals surface area contributed by atoms with Crippen LogP contribution in [0.15, 0.2) is 18.2 Å². The monoisotopic (exact) mass is 264 g/mol. The molecule has 0 bridgehead atoms. The number of aliphatic hydroxyl groups excluding tert-OH is 1. The van der Waals surface area contributed by atoms with E-state index in [1.54, 1.807) is 0 Å². The van der Waals surface area contributed by atoms with Gasteiger partial charge in [-0.05, 0) is 37.8 Å². The molecular weight excluding hydrogens is 240 g/mol. The number of hydrogen-bond acceptors (Lipinski definition) is 3. The van der Waals surface area contributed by atoms with Crippen LogP contribution in [0.1, 0.15) is 30.9 Å². The second-order valence-electron chi connectivity index (χ2n) is 4.81. The van der Waals surface area contributed by atoms with Crippen molar-refractivity contribution in [1.29, 1.82) is 0 Å². The Kier molecular flexibility index (Phi) is 6.36. The van der Waals surface area contributed by atoms with Gasteiger partial charge < -0.3 is 15.7 Å². The zero-order valence-electron chi connectivity index (χ0n) is 12.0. The van der Waals surface area contributed by atoms with Gasteiger partial charge in [-0.3, -0.25) is 4.79 Å². The van der Waals surface area contributed by atoms with Gasteiger partial charge in [0.25, 0.3) is 0 Å². The molecule has 1 atom stereocenters. The van der Waals surface area contributed by atoms with Crippen LogP contribution in [-0.2, 0) is 4.79 Å². The van der Waals surface area contributed by atoms with Crippen LogP contribution < -0.4 is 10.6 Å². The standard InChI is InChI=1S/C15H24N2O2/c1-4-13(8-9-18)17-14(19)10-16-15-11(2)6-5-7-12(15)3/h5-7,13,16,18H,4,8-10H2,1-3H3,(H,17,19). The molecule has 106 valence electrons. The van der Waals surface area contributed by atoms with Crippen LogP contribution in [0.2, 0.25) is 0 Å². The van der Waals surface area contributed by atoms with Gasteiger partial charge in [0.1, 0.15) is 0 Å². The maximum atomic E-state index is 11.8. The zero-order chi connectivity index (χ0) is 14.3. The maximum absolute atomic E-state index is 11.8. The summed E-state index contributed by atoms with van der Waals surface area (Å²) in [6.07, 6.45) is 1.43. The topological polar surface area (TPSA) is 61.4 Å². The largest absolute Gasteiger partial charge is 0.396 e. The predicted molar refractivity (Wildman–Crippen MR) is 78.3 cm³/mol. The smallest absolute Gasteiger partial charge is 0.239 e. The molecule has 3 N–H and O–H groups in total. The lowest BCUT2D eigenvalue weighted by molar-refractivity contribution is -0.120. The summed E-state index contributed by atoms with van der Waals surface area (Å²) >= 11 is 0. The Balaban J connectivity index is 2.50. The highest BCUT2D eigenvalue weighted by atomic mass is 16.3. The van der Waals surface area contributed by atoms with Gasteiger partial charge in [-0.25, -0.2) is 0 Å². The first kappa shape index (κ1) is 15.5. The van der Waals surface area contributed by atoms with Crippen molar-refractivity contribution < 1.29 is 9.90 Å². The number of anilines is 1. The molecule has 0 spiro atoms. The first-order valence-corrected chi connectivity index (χ1v) is 6.78. The van der Waals surface area contributed by atoms with Crippen molar-refractivity contribution in [3.63, 3.8) is 0 Å². The average molecular weight is 264 g/mol. The minimum absolute atomic E-state index is 0.0389. The van der Waals surface area contributed by atoms with Gasteiger partial charge in [-0.1, -0.05) is 25.1 Å². The number of hydrogen-bond donors (Lipinski definition) is 3. The van der Waals surface area contributed by atoms with Crippen molar-refractivity contribution in [3.8, 4) is 0 Å². The highest BCUT2D eigenvalue weighted by Gasteiger charge is 2.10. The summed E-state index contributed by atoms with van der Waals surface area (Å²) < 4.78 is 0. The van der Waals surface area contributed by atoms with E-state index in [-0.39, 0.29) is 25.1 Å². The van der Waals surface area contributed by atoms with Gasteiger partial charge in [0.15, 0.2) is 0 Å². The molecule has 0 aliphatic rings. The molecule has 0 aliphatic carbocycles. The molecule has 19 heavy (non-hydrogen) atoms. The van der Waals surface area contributed by atoms with E-state index < -0.39 is 0 Å². The number of carbonyl (C=O) groups is 1. The number of para-hydroxylation sites is 1. The van der Waals surface area contributed by atoms with Crippen LogP contribution in [0, 0.1) is 13.8 Å². The SMILES string of the molecule is CCC(CCO)NC(=O)CNc1c(C)cccc1C. The lowest BCUT2D eigenvalue weighted by Crippen LogP contribution is -2.38. The number of rotatable bonds is 7. The molecular formula is C15H24N2O2. The molecule has 0 radical (unpaired) electrons. The van der Waals surface area contributed by atoms with Gasteiger partial charge in [0.2, 0.25) is 5.91 Å². The second-order valence-corrected chi connectivity index (χ2v) is 4.81. The van der Waals surface area contributed by atoms with E-state index >= 15 is 0 Å². The fraction of sp³-hybridized carbons (Fsp3) is 0.533. The number of carbonyl (C=O) groups excluding carboxylic acids is 1. The van der Waals surface area contributed by atoms with Gasteiger partial charge in [0, 0.05) is 18.3 Å². The number of aryl methyl sites for hydroxylation is 2. The third-order valence-electron chi connectivity index (χ3n) is 3.24. The number of nitrogens with one attached hydrogen (secondary N) is 2. The summed E-state index contributed by atoms with van der Waals surface area (Å²) in [5.74, 6) is -0.0389. The van der Waals surface area contributed by atoms with Gasteiger partial charge in [-0.2, -0.15) is 0 Å². The molecule has 1 aromatic carbocycles. The molecule has 1 amide bonds. The van der Waals surface area contributed by atoms with E-state index in [9.17, 15) is 4.79 Å². The van der Waals surface area contributed by atoms with E-state index in [1.165, 1.54) is 0 Å². The number of benzene rings is 1. The Morgan fingerprint density at radius 3 is 2.47 bits per heavy atom. The van der Waals surface area contributed by atoms with E-state index in [0.717, 1.165) is 23.2 Å². The lowest BCUT2D eigenvalue weighted by Gasteiger charge is -2.17. The summed E-state index contributed by atoms with van der Waals surface area (Å²) in [6.45, 7) is 6.40. The normalized spacial score (nSPS) is 12.0. The number of amides is 1. The van der Waals surface area contributed by atoms with Crippen molar-refractivity contribution in [1.82, 2.24) is 5.32 Å². The van der Waals surface area contributed by atoms with Crippen molar-refractivity contribution in [2.75, 3.05) is 18.5 Å². The van der Waals surface area contributed by atoms with E-state index in [0.29, 0.717) is 6.42 Å². The molecule has 1 aromatic rings. The minimum Gasteiger partial charge on any atom is -0.396 e. The van der Waals surface area contributed by atoms with Crippen molar-refractivity contribution in [2.45, 2.75) is 39.7 Å². The Morgan fingerprint density at radius 1 is 1.32 bits per heavy atom.